The fourth-order valence-corrected chi connectivity index (χ4v) is 3.72. The summed E-state index contributed by atoms with van der Waals surface area (Å²) in [7, 11) is 0. The van der Waals surface area contributed by atoms with Gasteiger partial charge < -0.3 is 4.90 Å². The molecule has 0 N–H and O–H groups in total. The Balaban J connectivity index is 1.62. The van der Waals surface area contributed by atoms with Crippen molar-refractivity contribution in [1.29, 1.82) is 0 Å². The number of hydrogen-bond donors (Lipinski definition) is 0. The summed E-state index contributed by atoms with van der Waals surface area (Å²) < 4.78 is 0. The number of rotatable bonds is 2. The molecule has 1 fully saturated rings. The van der Waals surface area contributed by atoms with Crippen molar-refractivity contribution >= 4 is 5.78 Å². The van der Waals surface area contributed by atoms with Crippen LogP contribution in [0.3, 0.4) is 0 Å². The Bertz CT molecular complexity index is 479. The van der Waals surface area contributed by atoms with Crippen LogP contribution in [0.15, 0.2) is 24.3 Å². The molecule has 0 amide bonds. The highest BCUT2D eigenvalue weighted by Gasteiger charge is 2.40. The number of ketones is 1. The molecule has 2 nitrogen and oxygen atoms in total. The minimum absolute atomic E-state index is 0.0838. The van der Waals surface area contributed by atoms with Gasteiger partial charge >= 0.3 is 0 Å². The zero-order chi connectivity index (χ0) is 14.2. The molecule has 0 radical (unpaired) electrons. The van der Waals surface area contributed by atoms with Crippen molar-refractivity contribution in [2.75, 3.05) is 19.6 Å². The molecule has 2 aliphatic rings. The second-order valence-electron chi connectivity index (χ2n) is 7.05. The van der Waals surface area contributed by atoms with E-state index >= 15 is 0 Å². The van der Waals surface area contributed by atoms with E-state index in [1.165, 1.54) is 11.1 Å². The van der Waals surface area contributed by atoms with Crippen LogP contribution in [-0.4, -0.2) is 30.3 Å². The molecule has 108 valence electrons. The maximum Gasteiger partial charge on any atom is 0.142 e. The molecule has 0 bridgehead atoms. The summed E-state index contributed by atoms with van der Waals surface area (Å²) in [5, 5.41) is 0. The van der Waals surface area contributed by atoms with Gasteiger partial charge in [-0.05, 0) is 36.8 Å². The molecule has 2 heteroatoms. The quantitative estimate of drug-likeness (QED) is 0.824. The summed E-state index contributed by atoms with van der Waals surface area (Å²) in [4.78, 5) is 14.9. The second-order valence-corrected chi connectivity index (χ2v) is 7.05. The van der Waals surface area contributed by atoms with Gasteiger partial charge in [-0.2, -0.15) is 0 Å². The lowest BCUT2D eigenvalue weighted by atomic mass is 9.89. The Morgan fingerprint density at radius 3 is 2.25 bits per heavy atom. The van der Waals surface area contributed by atoms with Crippen molar-refractivity contribution in [3.8, 4) is 0 Å². The summed E-state index contributed by atoms with van der Waals surface area (Å²) in [6.07, 6.45) is 4.39. The average molecular weight is 271 g/mol. The Kier molecular flexibility index (Phi) is 3.68. The first kappa shape index (κ1) is 13.8. The van der Waals surface area contributed by atoms with E-state index in [1.807, 2.05) is 0 Å². The number of fused-ring (bicyclic) bond motifs is 1. The number of carbonyl (C=O) groups is 1. The summed E-state index contributed by atoms with van der Waals surface area (Å²) in [5.74, 6) is 0.755. The molecule has 1 aliphatic heterocycles. The third kappa shape index (κ3) is 2.67. The van der Waals surface area contributed by atoms with Crippen molar-refractivity contribution in [3.05, 3.63) is 35.4 Å². The fourth-order valence-electron chi connectivity index (χ4n) is 3.72. The number of carbonyl (C=O) groups excluding carboxylic acids is 1. The minimum atomic E-state index is -0.0838. The minimum Gasteiger partial charge on any atom is -0.302 e. The topological polar surface area (TPSA) is 20.3 Å². The van der Waals surface area contributed by atoms with Gasteiger partial charge in [0.05, 0.1) is 0 Å². The molecule has 0 spiro atoms. The highest BCUT2D eigenvalue weighted by Crippen LogP contribution is 2.38. The highest BCUT2D eigenvalue weighted by atomic mass is 16.1. The van der Waals surface area contributed by atoms with Gasteiger partial charge in [0.15, 0.2) is 0 Å². The molecule has 1 aromatic carbocycles. The fraction of sp³-hybridized carbons (Fsp3) is 0.611. The molecule has 20 heavy (non-hydrogen) atoms. The van der Waals surface area contributed by atoms with Crippen LogP contribution in [0.2, 0.25) is 0 Å². The van der Waals surface area contributed by atoms with Gasteiger partial charge in [-0.3, -0.25) is 4.79 Å². The second kappa shape index (κ2) is 5.33. The molecule has 0 aromatic heterocycles. The van der Waals surface area contributed by atoms with Crippen molar-refractivity contribution in [3.63, 3.8) is 0 Å². The average Bonchev–Trinajstić information content (AvgIpc) is 2.63. The van der Waals surface area contributed by atoms with Crippen LogP contribution in [-0.2, 0) is 17.6 Å². The highest BCUT2D eigenvalue weighted by molar-refractivity contribution is 5.88. The first-order chi connectivity index (χ1) is 9.56. The monoisotopic (exact) mass is 271 g/mol. The molecular weight excluding hydrogens is 246 g/mol. The van der Waals surface area contributed by atoms with E-state index in [0.29, 0.717) is 5.78 Å². The van der Waals surface area contributed by atoms with Crippen molar-refractivity contribution in [2.45, 2.75) is 39.5 Å². The molecule has 0 saturated heterocycles. The van der Waals surface area contributed by atoms with E-state index in [1.54, 1.807) is 0 Å². The molecule has 1 aliphatic carbocycles. The van der Waals surface area contributed by atoms with E-state index in [0.717, 1.165) is 45.3 Å². The lowest BCUT2D eigenvalue weighted by Gasteiger charge is -2.24. The smallest absolute Gasteiger partial charge is 0.142 e. The van der Waals surface area contributed by atoms with Crippen LogP contribution in [0.25, 0.3) is 0 Å². The Morgan fingerprint density at radius 1 is 1.15 bits per heavy atom. The van der Waals surface area contributed by atoms with Gasteiger partial charge in [-0.15, -0.1) is 0 Å². The van der Waals surface area contributed by atoms with Crippen LogP contribution in [0, 0.1) is 11.3 Å². The van der Waals surface area contributed by atoms with E-state index < -0.39 is 0 Å². The summed E-state index contributed by atoms with van der Waals surface area (Å²) in [5.41, 5.74) is 2.90. The third-order valence-electron chi connectivity index (χ3n) is 5.15. The van der Waals surface area contributed by atoms with Crippen molar-refractivity contribution in [2.24, 2.45) is 11.3 Å². The zero-order valence-electron chi connectivity index (χ0n) is 12.7. The van der Waals surface area contributed by atoms with Gasteiger partial charge in [-0.1, -0.05) is 38.1 Å². The number of Topliss-reactive ketones (excluding diaryl/α,β-unsaturated/α-hetero) is 1. The summed E-state index contributed by atoms with van der Waals surface area (Å²) >= 11 is 0. The van der Waals surface area contributed by atoms with Crippen LogP contribution in [0.5, 0.6) is 0 Å². The molecule has 1 saturated carbocycles. The maximum absolute atomic E-state index is 12.4. The van der Waals surface area contributed by atoms with E-state index in [9.17, 15) is 4.79 Å². The van der Waals surface area contributed by atoms with Crippen molar-refractivity contribution < 1.29 is 4.79 Å². The van der Waals surface area contributed by atoms with Gasteiger partial charge in [0.2, 0.25) is 0 Å². The third-order valence-corrected chi connectivity index (χ3v) is 5.15. The first-order valence-electron chi connectivity index (χ1n) is 7.90. The molecule has 1 heterocycles. The number of hydrogen-bond acceptors (Lipinski definition) is 2. The first-order valence-corrected chi connectivity index (χ1v) is 7.90. The van der Waals surface area contributed by atoms with Crippen LogP contribution >= 0.6 is 0 Å². The molecule has 1 unspecified atom stereocenters. The zero-order valence-corrected chi connectivity index (χ0v) is 12.7. The molecular formula is C18H25NO. The van der Waals surface area contributed by atoms with Crippen molar-refractivity contribution in [1.82, 2.24) is 4.90 Å². The molecule has 1 atom stereocenters. The van der Waals surface area contributed by atoms with E-state index in [-0.39, 0.29) is 11.3 Å². The largest absolute Gasteiger partial charge is 0.302 e. The van der Waals surface area contributed by atoms with Gasteiger partial charge in [0, 0.05) is 31.0 Å². The van der Waals surface area contributed by atoms with E-state index in [2.05, 4.69) is 43.0 Å². The normalized spacial score (nSPS) is 26.3. The molecule has 3 rings (SSSR count). The Morgan fingerprint density at radius 2 is 1.75 bits per heavy atom. The van der Waals surface area contributed by atoms with E-state index in [4.69, 9.17) is 0 Å². The Hall–Kier alpha value is -1.15. The van der Waals surface area contributed by atoms with Crippen LogP contribution in [0.1, 0.15) is 37.8 Å². The summed E-state index contributed by atoms with van der Waals surface area (Å²) in [6.45, 7) is 7.37. The SMILES string of the molecule is CC1(C)CCC(CN2CCc3ccccc3CC2)C1=O. The number of benzene rings is 1. The van der Waals surface area contributed by atoms with Gasteiger partial charge in [0.25, 0.3) is 0 Å². The lowest BCUT2D eigenvalue weighted by molar-refractivity contribution is -0.127. The predicted molar refractivity (Wildman–Crippen MR) is 81.8 cm³/mol. The standard InChI is InChI=1S/C18H25NO/c1-18(2)10-7-16(17(18)20)13-19-11-8-14-5-3-4-6-15(14)9-12-19/h3-6,16H,7-13H2,1-2H3. The van der Waals surface area contributed by atoms with Crippen LogP contribution in [0.4, 0.5) is 0 Å². The predicted octanol–water partition coefficient (Wildman–Crippen LogP) is 3.09. The van der Waals surface area contributed by atoms with Gasteiger partial charge in [-0.25, -0.2) is 0 Å². The van der Waals surface area contributed by atoms with Gasteiger partial charge in [0.1, 0.15) is 5.78 Å². The molecule has 1 aromatic rings. The Labute approximate surface area is 122 Å². The maximum atomic E-state index is 12.4. The summed E-state index contributed by atoms with van der Waals surface area (Å²) in [6, 6.07) is 8.78. The number of nitrogens with zero attached hydrogens (tertiary/aromatic N) is 1. The lowest BCUT2D eigenvalue weighted by Crippen LogP contribution is -2.35. The van der Waals surface area contributed by atoms with Crippen LogP contribution < -0.4 is 0 Å².